The number of ether oxygens (including phenoxy) is 1. The van der Waals surface area contributed by atoms with Crippen molar-refractivity contribution in [2.24, 2.45) is 0 Å². The number of alkyl halides is 3. The smallest absolute Gasteiger partial charge is 0.394 e. The molecular formula is C9H7F3N2O4. The van der Waals surface area contributed by atoms with Crippen molar-refractivity contribution >= 4 is 17.6 Å². The van der Waals surface area contributed by atoms with E-state index >= 15 is 0 Å². The Morgan fingerprint density at radius 2 is 2.00 bits per heavy atom. The Kier molecular flexibility index (Phi) is 3.74. The van der Waals surface area contributed by atoms with Gasteiger partial charge in [0.1, 0.15) is 6.54 Å². The quantitative estimate of drug-likeness (QED) is 0.602. The highest BCUT2D eigenvalue weighted by Gasteiger charge is 2.42. The normalized spacial score (nSPS) is 11.1. The molecule has 0 aliphatic heterocycles. The number of nitrogen functional groups attached to an aromatic ring is 1. The van der Waals surface area contributed by atoms with Crippen LogP contribution in [0, 0.1) is 0 Å². The second kappa shape index (κ2) is 4.90. The van der Waals surface area contributed by atoms with Gasteiger partial charge in [0.05, 0.1) is 5.69 Å². The zero-order valence-electron chi connectivity index (χ0n) is 8.73. The fourth-order valence-corrected chi connectivity index (χ4v) is 1.01. The number of nitrogens with zero attached hydrogens (tertiary/aromatic N) is 1. The molecule has 9 heteroatoms. The fraction of sp³-hybridized carbons (Fsp3) is 0.222. The predicted molar refractivity (Wildman–Crippen MR) is 52.3 cm³/mol. The van der Waals surface area contributed by atoms with Crippen molar-refractivity contribution in [3.63, 3.8) is 0 Å². The van der Waals surface area contributed by atoms with Crippen LogP contribution in [-0.4, -0.2) is 22.7 Å². The fourth-order valence-electron chi connectivity index (χ4n) is 1.01. The molecule has 2 N–H and O–H groups in total. The Balaban J connectivity index is 2.75. The number of hydrogen-bond donors (Lipinski definition) is 1. The second-order valence-corrected chi connectivity index (χ2v) is 3.16. The van der Waals surface area contributed by atoms with Gasteiger partial charge < -0.3 is 15.0 Å². The molecule has 0 fully saturated rings. The molecule has 0 saturated heterocycles. The molecule has 0 saturated carbocycles. The number of nitrogens with two attached hydrogens (primary N) is 1. The summed E-state index contributed by atoms with van der Waals surface area (Å²) in [5, 5.41) is 0. The maximum absolute atomic E-state index is 11.8. The van der Waals surface area contributed by atoms with Crippen LogP contribution in [0.4, 0.5) is 18.9 Å². The summed E-state index contributed by atoms with van der Waals surface area (Å²) in [6, 6.07) is 2.57. The molecule has 0 atom stereocenters. The Morgan fingerprint density at radius 1 is 1.39 bits per heavy atom. The summed E-state index contributed by atoms with van der Waals surface area (Å²) in [6.45, 7) is -0.842. The number of halogens is 3. The number of anilines is 1. The first-order valence-corrected chi connectivity index (χ1v) is 4.48. The van der Waals surface area contributed by atoms with Gasteiger partial charge in [-0.1, -0.05) is 0 Å². The van der Waals surface area contributed by atoms with E-state index in [9.17, 15) is 27.6 Å². The minimum absolute atomic E-state index is 0.188. The zero-order valence-corrected chi connectivity index (χ0v) is 8.73. The number of aromatic nitrogens is 1. The first kappa shape index (κ1) is 13.7. The predicted octanol–water partition coefficient (Wildman–Crippen LogP) is 0.0626. The van der Waals surface area contributed by atoms with Crippen molar-refractivity contribution in [2.45, 2.75) is 12.7 Å². The SMILES string of the molecule is Nc1cccn(CC(=O)OC(=O)C(F)(F)F)c1=O. The van der Waals surface area contributed by atoms with Crippen LogP contribution in [0.15, 0.2) is 23.1 Å². The summed E-state index contributed by atoms with van der Waals surface area (Å²) in [6.07, 6.45) is -4.14. The summed E-state index contributed by atoms with van der Waals surface area (Å²) in [5.74, 6) is -4.14. The van der Waals surface area contributed by atoms with Crippen LogP contribution < -0.4 is 11.3 Å². The third-order valence-electron chi connectivity index (χ3n) is 1.79. The number of esters is 2. The molecule has 1 rings (SSSR count). The van der Waals surface area contributed by atoms with E-state index in [4.69, 9.17) is 5.73 Å². The minimum Gasteiger partial charge on any atom is -0.394 e. The molecule has 0 unspecified atom stereocenters. The van der Waals surface area contributed by atoms with Gasteiger partial charge in [-0.25, -0.2) is 9.59 Å². The molecule has 98 valence electrons. The molecule has 0 radical (unpaired) electrons. The summed E-state index contributed by atoms with van der Waals surface area (Å²) < 4.78 is 39.6. The monoisotopic (exact) mass is 264 g/mol. The molecule has 0 aromatic carbocycles. The highest BCUT2D eigenvalue weighted by molar-refractivity contribution is 5.88. The molecule has 6 nitrogen and oxygen atoms in total. The van der Waals surface area contributed by atoms with Crippen molar-refractivity contribution in [1.29, 1.82) is 0 Å². The third kappa shape index (κ3) is 3.34. The van der Waals surface area contributed by atoms with Gasteiger partial charge in [-0.05, 0) is 12.1 Å². The van der Waals surface area contributed by atoms with E-state index in [1.54, 1.807) is 0 Å². The molecule has 0 bridgehead atoms. The summed E-state index contributed by atoms with van der Waals surface area (Å²) in [4.78, 5) is 32.6. The van der Waals surface area contributed by atoms with E-state index in [0.29, 0.717) is 0 Å². The van der Waals surface area contributed by atoms with Gasteiger partial charge in [-0.15, -0.1) is 0 Å². The Hall–Kier alpha value is -2.32. The van der Waals surface area contributed by atoms with Gasteiger partial charge >= 0.3 is 18.1 Å². The van der Waals surface area contributed by atoms with E-state index in [-0.39, 0.29) is 5.69 Å². The topological polar surface area (TPSA) is 91.4 Å². The first-order valence-electron chi connectivity index (χ1n) is 4.48. The average Bonchev–Trinajstić information content (AvgIpc) is 2.23. The minimum atomic E-state index is -5.27. The summed E-state index contributed by atoms with van der Waals surface area (Å²) in [5.41, 5.74) is 4.28. The van der Waals surface area contributed by atoms with Gasteiger partial charge in [-0.2, -0.15) is 13.2 Å². The van der Waals surface area contributed by atoms with Gasteiger partial charge in [0.25, 0.3) is 5.56 Å². The van der Waals surface area contributed by atoms with E-state index in [1.807, 2.05) is 0 Å². The lowest BCUT2D eigenvalue weighted by atomic mass is 10.4. The van der Waals surface area contributed by atoms with E-state index in [1.165, 1.54) is 12.1 Å². The number of carbonyl (C=O) groups is 2. The van der Waals surface area contributed by atoms with E-state index in [2.05, 4.69) is 4.74 Å². The first-order chi connectivity index (χ1) is 8.21. The van der Waals surface area contributed by atoms with Gasteiger partial charge in [0.15, 0.2) is 0 Å². The largest absolute Gasteiger partial charge is 0.491 e. The molecule has 0 aliphatic rings. The molecule has 1 heterocycles. The molecule has 1 aromatic heterocycles. The van der Waals surface area contributed by atoms with Gasteiger partial charge in [0.2, 0.25) is 0 Å². The number of carbonyl (C=O) groups excluding carboxylic acids is 2. The highest BCUT2D eigenvalue weighted by atomic mass is 19.4. The highest BCUT2D eigenvalue weighted by Crippen LogP contribution is 2.16. The van der Waals surface area contributed by atoms with Crippen LogP contribution in [0.5, 0.6) is 0 Å². The molecule has 0 spiro atoms. The van der Waals surface area contributed by atoms with Crippen molar-refractivity contribution < 1.29 is 27.5 Å². The maximum atomic E-state index is 11.8. The van der Waals surface area contributed by atoms with Crippen molar-refractivity contribution in [3.05, 3.63) is 28.7 Å². The van der Waals surface area contributed by atoms with Crippen molar-refractivity contribution in [2.75, 3.05) is 5.73 Å². The van der Waals surface area contributed by atoms with E-state index < -0.39 is 30.2 Å². The van der Waals surface area contributed by atoms with Crippen LogP contribution in [0.25, 0.3) is 0 Å². The van der Waals surface area contributed by atoms with Crippen LogP contribution >= 0.6 is 0 Å². The summed E-state index contributed by atoms with van der Waals surface area (Å²) >= 11 is 0. The molecule has 18 heavy (non-hydrogen) atoms. The van der Waals surface area contributed by atoms with Crippen LogP contribution in [0.2, 0.25) is 0 Å². The molecule has 0 aliphatic carbocycles. The van der Waals surface area contributed by atoms with Crippen LogP contribution in [-0.2, 0) is 20.9 Å². The van der Waals surface area contributed by atoms with Gasteiger partial charge in [-0.3, -0.25) is 4.79 Å². The number of hydrogen-bond acceptors (Lipinski definition) is 5. The Labute approximate surface area is 97.8 Å². The zero-order chi connectivity index (χ0) is 13.9. The lowest BCUT2D eigenvalue weighted by Gasteiger charge is -2.07. The van der Waals surface area contributed by atoms with E-state index in [0.717, 1.165) is 10.8 Å². The second-order valence-electron chi connectivity index (χ2n) is 3.16. The third-order valence-corrected chi connectivity index (χ3v) is 1.79. The summed E-state index contributed by atoms with van der Waals surface area (Å²) in [7, 11) is 0. The maximum Gasteiger partial charge on any atom is 0.491 e. The lowest BCUT2D eigenvalue weighted by Crippen LogP contribution is -2.32. The van der Waals surface area contributed by atoms with Crippen molar-refractivity contribution in [3.8, 4) is 0 Å². The van der Waals surface area contributed by atoms with Gasteiger partial charge in [0, 0.05) is 6.20 Å². The standard InChI is InChI=1S/C9H7F3N2O4/c10-9(11,12)8(17)18-6(15)4-14-3-1-2-5(13)7(14)16/h1-3H,4,13H2. The average molecular weight is 264 g/mol. The Morgan fingerprint density at radius 3 is 2.56 bits per heavy atom. The van der Waals surface area contributed by atoms with Crippen LogP contribution in [0.1, 0.15) is 0 Å². The Bertz CT molecular complexity index is 535. The molecule has 1 aromatic rings. The molecular weight excluding hydrogens is 257 g/mol. The molecule has 0 amide bonds. The number of rotatable bonds is 2. The lowest BCUT2D eigenvalue weighted by molar-refractivity contribution is -0.202. The van der Waals surface area contributed by atoms with Crippen LogP contribution in [0.3, 0.4) is 0 Å². The van der Waals surface area contributed by atoms with Crippen molar-refractivity contribution in [1.82, 2.24) is 4.57 Å². The number of pyridine rings is 1.